The quantitative estimate of drug-likeness (QED) is 0.489. The highest BCUT2D eigenvalue weighted by molar-refractivity contribution is 6.30. The van der Waals surface area contributed by atoms with E-state index >= 15 is 0 Å². The number of hydrogen-bond acceptors (Lipinski definition) is 7. The lowest BCUT2D eigenvalue weighted by Gasteiger charge is -2.04. The summed E-state index contributed by atoms with van der Waals surface area (Å²) < 4.78 is 11.9. The first-order valence-electron chi connectivity index (χ1n) is 7.90. The second-order valence-electron chi connectivity index (χ2n) is 5.49. The Morgan fingerprint density at radius 3 is 2.78 bits per heavy atom. The number of ether oxygens (including phenoxy) is 1. The Kier molecular flexibility index (Phi) is 4.63. The largest absolute Gasteiger partial charge is 0.452 e. The molecular formula is C18H12ClN5O3. The van der Waals surface area contributed by atoms with Gasteiger partial charge in [-0.1, -0.05) is 28.9 Å². The number of carbonyl (C=O) groups excluding carboxylic acids is 1. The van der Waals surface area contributed by atoms with Crippen molar-refractivity contribution in [2.75, 3.05) is 0 Å². The van der Waals surface area contributed by atoms with Gasteiger partial charge in [-0.05, 0) is 36.4 Å². The molecule has 8 nitrogen and oxygen atoms in total. The fraction of sp³-hybridized carbons (Fsp3) is 0.0556. The molecule has 0 saturated heterocycles. The van der Waals surface area contributed by atoms with Crippen LogP contribution in [-0.2, 0) is 11.3 Å². The molecule has 0 fully saturated rings. The van der Waals surface area contributed by atoms with Gasteiger partial charge in [0.05, 0.1) is 11.3 Å². The van der Waals surface area contributed by atoms with Crippen molar-refractivity contribution in [1.82, 2.24) is 24.9 Å². The standard InChI is InChI=1S/C18H12ClN5O3/c19-14-3-1-2-13(8-14)17-22-16(27-23-17)9-26-18(25)12-4-6-15(7-5-12)24-11-20-10-21-24/h1-8,10-11H,9H2. The van der Waals surface area contributed by atoms with Gasteiger partial charge in [0.15, 0.2) is 6.61 Å². The lowest BCUT2D eigenvalue weighted by molar-refractivity contribution is 0.0430. The van der Waals surface area contributed by atoms with Gasteiger partial charge in [-0.2, -0.15) is 10.1 Å². The number of rotatable bonds is 5. The third-order valence-corrected chi connectivity index (χ3v) is 3.90. The molecule has 0 amide bonds. The molecule has 0 bridgehead atoms. The topological polar surface area (TPSA) is 95.9 Å². The molecule has 0 N–H and O–H groups in total. The molecule has 0 aliphatic heterocycles. The van der Waals surface area contributed by atoms with Gasteiger partial charge >= 0.3 is 5.97 Å². The van der Waals surface area contributed by atoms with Crippen LogP contribution in [0.5, 0.6) is 0 Å². The molecule has 2 heterocycles. The first-order chi connectivity index (χ1) is 13.2. The van der Waals surface area contributed by atoms with Gasteiger partial charge < -0.3 is 9.26 Å². The molecule has 4 rings (SSSR count). The number of esters is 1. The Labute approximate surface area is 158 Å². The van der Waals surface area contributed by atoms with Crippen LogP contribution >= 0.6 is 11.6 Å². The van der Waals surface area contributed by atoms with Crippen LogP contribution < -0.4 is 0 Å². The summed E-state index contributed by atoms with van der Waals surface area (Å²) in [7, 11) is 0. The van der Waals surface area contributed by atoms with Crippen LogP contribution in [0, 0.1) is 0 Å². The van der Waals surface area contributed by atoms with E-state index in [0.717, 1.165) is 5.69 Å². The van der Waals surface area contributed by atoms with E-state index in [9.17, 15) is 4.79 Å². The van der Waals surface area contributed by atoms with E-state index in [4.69, 9.17) is 20.9 Å². The number of nitrogens with zero attached hydrogens (tertiary/aromatic N) is 5. The van der Waals surface area contributed by atoms with E-state index in [1.165, 1.54) is 6.33 Å². The van der Waals surface area contributed by atoms with E-state index in [0.29, 0.717) is 22.0 Å². The van der Waals surface area contributed by atoms with E-state index in [1.807, 2.05) is 6.07 Å². The molecular weight excluding hydrogens is 370 g/mol. The Morgan fingerprint density at radius 1 is 1.19 bits per heavy atom. The number of hydrogen-bond donors (Lipinski definition) is 0. The fourth-order valence-electron chi connectivity index (χ4n) is 2.36. The van der Waals surface area contributed by atoms with E-state index in [2.05, 4.69) is 20.2 Å². The zero-order chi connectivity index (χ0) is 18.6. The molecule has 27 heavy (non-hydrogen) atoms. The smallest absolute Gasteiger partial charge is 0.338 e. The lowest BCUT2D eigenvalue weighted by atomic mass is 10.2. The number of halogens is 1. The summed E-state index contributed by atoms with van der Waals surface area (Å²) in [5.41, 5.74) is 1.90. The van der Waals surface area contributed by atoms with E-state index in [-0.39, 0.29) is 12.5 Å². The summed E-state index contributed by atoms with van der Waals surface area (Å²) in [6.07, 6.45) is 3.00. The van der Waals surface area contributed by atoms with E-state index in [1.54, 1.807) is 53.5 Å². The molecule has 0 aliphatic rings. The van der Waals surface area contributed by atoms with Gasteiger partial charge in [-0.3, -0.25) is 0 Å². The molecule has 0 spiro atoms. The average Bonchev–Trinajstić information content (AvgIpc) is 3.38. The highest BCUT2D eigenvalue weighted by atomic mass is 35.5. The van der Waals surface area contributed by atoms with Gasteiger partial charge in [0, 0.05) is 10.6 Å². The minimum absolute atomic E-state index is 0.128. The average molecular weight is 382 g/mol. The number of aromatic nitrogens is 5. The molecule has 2 aromatic heterocycles. The predicted molar refractivity (Wildman–Crippen MR) is 95.2 cm³/mol. The Morgan fingerprint density at radius 2 is 2.04 bits per heavy atom. The molecule has 0 saturated carbocycles. The molecule has 0 radical (unpaired) electrons. The normalized spacial score (nSPS) is 10.7. The van der Waals surface area contributed by atoms with Gasteiger partial charge in [-0.15, -0.1) is 0 Å². The minimum atomic E-state index is -0.498. The molecule has 9 heteroatoms. The van der Waals surface area contributed by atoms with Gasteiger partial charge in [-0.25, -0.2) is 14.5 Å². The summed E-state index contributed by atoms with van der Waals surface area (Å²) in [6, 6.07) is 13.8. The summed E-state index contributed by atoms with van der Waals surface area (Å²) in [5, 5.41) is 8.46. The van der Waals surface area contributed by atoms with Crippen LogP contribution in [0.2, 0.25) is 5.02 Å². The zero-order valence-corrected chi connectivity index (χ0v) is 14.6. The summed E-state index contributed by atoms with van der Waals surface area (Å²) in [6.45, 7) is -0.128. The van der Waals surface area contributed by atoms with Crippen LogP contribution in [0.25, 0.3) is 17.1 Å². The highest BCUT2D eigenvalue weighted by Gasteiger charge is 2.13. The summed E-state index contributed by atoms with van der Waals surface area (Å²) >= 11 is 5.95. The maximum absolute atomic E-state index is 12.2. The van der Waals surface area contributed by atoms with Crippen LogP contribution in [-0.4, -0.2) is 30.9 Å². The Bertz CT molecular complexity index is 1060. The second kappa shape index (κ2) is 7.38. The van der Waals surface area contributed by atoms with Crippen LogP contribution in [0.3, 0.4) is 0 Å². The van der Waals surface area contributed by atoms with Crippen molar-refractivity contribution in [2.45, 2.75) is 6.61 Å². The van der Waals surface area contributed by atoms with Crippen molar-refractivity contribution in [3.05, 3.63) is 77.7 Å². The molecule has 0 aliphatic carbocycles. The lowest BCUT2D eigenvalue weighted by Crippen LogP contribution is -2.06. The summed E-state index contributed by atoms with van der Waals surface area (Å²) in [4.78, 5) is 20.3. The van der Waals surface area contributed by atoms with Crippen LogP contribution in [0.1, 0.15) is 16.2 Å². The van der Waals surface area contributed by atoms with Gasteiger partial charge in [0.1, 0.15) is 12.7 Å². The maximum Gasteiger partial charge on any atom is 0.338 e. The predicted octanol–water partition coefficient (Wildman–Crippen LogP) is 3.33. The van der Waals surface area contributed by atoms with Crippen LogP contribution in [0.15, 0.2) is 65.7 Å². The molecule has 2 aromatic carbocycles. The van der Waals surface area contributed by atoms with Crippen molar-refractivity contribution in [2.24, 2.45) is 0 Å². The van der Waals surface area contributed by atoms with Crippen molar-refractivity contribution < 1.29 is 14.1 Å². The van der Waals surface area contributed by atoms with Crippen molar-refractivity contribution in [3.8, 4) is 17.1 Å². The first kappa shape index (κ1) is 16.9. The molecule has 0 unspecified atom stereocenters. The zero-order valence-electron chi connectivity index (χ0n) is 13.8. The monoisotopic (exact) mass is 381 g/mol. The molecule has 134 valence electrons. The first-order valence-corrected chi connectivity index (χ1v) is 8.27. The summed E-state index contributed by atoms with van der Waals surface area (Å²) in [5.74, 6) is 0.0703. The fourth-order valence-corrected chi connectivity index (χ4v) is 2.55. The number of carbonyl (C=O) groups is 1. The van der Waals surface area contributed by atoms with Crippen molar-refractivity contribution in [1.29, 1.82) is 0 Å². The number of benzene rings is 2. The Hall–Kier alpha value is -3.52. The SMILES string of the molecule is O=C(OCc1nc(-c2cccc(Cl)c2)no1)c1ccc(-n2cncn2)cc1. The maximum atomic E-state index is 12.2. The van der Waals surface area contributed by atoms with E-state index < -0.39 is 5.97 Å². The molecule has 0 atom stereocenters. The van der Waals surface area contributed by atoms with Gasteiger partial charge in [0.25, 0.3) is 5.89 Å². The highest BCUT2D eigenvalue weighted by Crippen LogP contribution is 2.20. The van der Waals surface area contributed by atoms with Crippen LogP contribution in [0.4, 0.5) is 0 Å². The van der Waals surface area contributed by atoms with Crippen molar-refractivity contribution >= 4 is 17.6 Å². The van der Waals surface area contributed by atoms with Gasteiger partial charge in [0.2, 0.25) is 5.82 Å². The second-order valence-corrected chi connectivity index (χ2v) is 5.92. The molecule has 4 aromatic rings. The third kappa shape index (κ3) is 3.85. The Balaban J connectivity index is 1.39. The minimum Gasteiger partial charge on any atom is -0.452 e. The third-order valence-electron chi connectivity index (χ3n) is 3.66. The van der Waals surface area contributed by atoms with Crippen molar-refractivity contribution in [3.63, 3.8) is 0 Å².